The molecule has 0 saturated carbocycles. The molecule has 0 fully saturated rings. The van der Waals surface area contributed by atoms with Crippen LogP contribution in [0.3, 0.4) is 0 Å². The SMILES string of the molecule is Nc1cccc(NC(=O)c2cc3c(s2)CCCC3)c1. The molecule has 1 aliphatic rings. The fraction of sp³-hybridized carbons (Fsp3) is 0.267. The zero-order valence-electron chi connectivity index (χ0n) is 10.6. The highest BCUT2D eigenvalue weighted by Crippen LogP contribution is 2.30. The number of nitrogens with one attached hydrogen (secondary N) is 1. The molecule has 0 radical (unpaired) electrons. The first-order valence-corrected chi connectivity index (χ1v) is 7.32. The minimum atomic E-state index is -0.0370. The van der Waals surface area contributed by atoms with Gasteiger partial charge in [-0.15, -0.1) is 11.3 Å². The second kappa shape index (κ2) is 5.05. The monoisotopic (exact) mass is 272 g/mol. The van der Waals surface area contributed by atoms with Gasteiger partial charge in [0.25, 0.3) is 5.91 Å². The molecule has 3 nitrogen and oxygen atoms in total. The number of hydrogen-bond donors (Lipinski definition) is 2. The Labute approximate surface area is 116 Å². The molecule has 1 amide bonds. The van der Waals surface area contributed by atoms with Gasteiger partial charge in [-0.1, -0.05) is 6.07 Å². The van der Waals surface area contributed by atoms with E-state index in [1.807, 2.05) is 18.2 Å². The summed E-state index contributed by atoms with van der Waals surface area (Å²) >= 11 is 1.62. The van der Waals surface area contributed by atoms with Crippen LogP contribution in [-0.4, -0.2) is 5.91 Å². The summed E-state index contributed by atoms with van der Waals surface area (Å²) in [5.41, 5.74) is 8.46. The summed E-state index contributed by atoms with van der Waals surface area (Å²) in [7, 11) is 0. The number of nitrogen functional groups attached to an aromatic ring is 1. The van der Waals surface area contributed by atoms with Crippen molar-refractivity contribution in [2.75, 3.05) is 11.1 Å². The van der Waals surface area contributed by atoms with E-state index in [1.165, 1.54) is 23.3 Å². The molecular weight excluding hydrogens is 256 g/mol. The van der Waals surface area contributed by atoms with Gasteiger partial charge in [0, 0.05) is 16.3 Å². The van der Waals surface area contributed by atoms with Crippen molar-refractivity contribution in [1.82, 2.24) is 0 Å². The van der Waals surface area contributed by atoms with Crippen LogP contribution in [0.4, 0.5) is 11.4 Å². The van der Waals surface area contributed by atoms with Crippen LogP contribution in [-0.2, 0) is 12.8 Å². The zero-order valence-corrected chi connectivity index (χ0v) is 11.4. The van der Waals surface area contributed by atoms with Crippen LogP contribution in [0.2, 0.25) is 0 Å². The van der Waals surface area contributed by atoms with E-state index in [9.17, 15) is 4.79 Å². The molecule has 1 aliphatic carbocycles. The maximum atomic E-state index is 12.2. The third kappa shape index (κ3) is 2.63. The van der Waals surface area contributed by atoms with Crippen LogP contribution in [0.25, 0.3) is 0 Å². The molecule has 1 heterocycles. The van der Waals surface area contributed by atoms with E-state index >= 15 is 0 Å². The van der Waals surface area contributed by atoms with E-state index in [2.05, 4.69) is 5.32 Å². The molecule has 3 rings (SSSR count). The predicted octanol–water partition coefficient (Wildman–Crippen LogP) is 3.46. The Morgan fingerprint density at radius 3 is 2.84 bits per heavy atom. The molecule has 0 bridgehead atoms. The van der Waals surface area contributed by atoms with Gasteiger partial charge in [-0.05, 0) is 55.5 Å². The highest BCUT2D eigenvalue weighted by Gasteiger charge is 2.17. The number of fused-ring (bicyclic) bond motifs is 1. The van der Waals surface area contributed by atoms with Gasteiger partial charge in [-0.2, -0.15) is 0 Å². The first-order chi connectivity index (χ1) is 9.22. The molecule has 1 aromatic heterocycles. The maximum Gasteiger partial charge on any atom is 0.265 e. The molecule has 0 unspecified atom stereocenters. The molecule has 98 valence electrons. The molecule has 0 atom stereocenters. The van der Waals surface area contributed by atoms with Crippen LogP contribution in [0.15, 0.2) is 30.3 Å². The lowest BCUT2D eigenvalue weighted by Crippen LogP contribution is -2.10. The molecule has 0 spiro atoms. The van der Waals surface area contributed by atoms with Crippen LogP contribution >= 0.6 is 11.3 Å². The number of hydrogen-bond acceptors (Lipinski definition) is 3. The summed E-state index contributed by atoms with van der Waals surface area (Å²) in [5, 5.41) is 2.90. The average Bonchev–Trinajstić information content (AvgIpc) is 2.82. The molecule has 0 saturated heterocycles. The molecular formula is C15H16N2OS. The number of carbonyl (C=O) groups is 1. The quantitative estimate of drug-likeness (QED) is 0.823. The van der Waals surface area contributed by atoms with Crippen LogP contribution < -0.4 is 11.1 Å². The Bertz CT molecular complexity index is 595. The second-order valence-corrected chi connectivity index (χ2v) is 5.98. The second-order valence-electron chi connectivity index (χ2n) is 4.85. The Kier molecular flexibility index (Phi) is 3.25. The van der Waals surface area contributed by atoms with E-state index < -0.39 is 0 Å². The number of amides is 1. The van der Waals surface area contributed by atoms with Crippen molar-refractivity contribution in [3.63, 3.8) is 0 Å². The molecule has 3 N–H and O–H groups in total. The maximum absolute atomic E-state index is 12.2. The lowest BCUT2D eigenvalue weighted by atomic mass is 9.99. The standard InChI is InChI=1S/C15H16N2OS/c16-11-5-3-6-12(9-11)17-15(18)14-8-10-4-1-2-7-13(10)19-14/h3,5-6,8-9H,1-2,4,7,16H2,(H,17,18). The van der Waals surface area contributed by atoms with Crippen LogP contribution in [0.1, 0.15) is 33.0 Å². The summed E-state index contributed by atoms with van der Waals surface area (Å²) in [6.07, 6.45) is 4.70. The van der Waals surface area contributed by atoms with Crippen molar-refractivity contribution in [3.05, 3.63) is 45.6 Å². The van der Waals surface area contributed by atoms with Crippen molar-refractivity contribution in [2.24, 2.45) is 0 Å². The third-order valence-corrected chi connectivity index (χ3v) is 4.60. The third-order valence-electron chi connectivity index (χ3n) is 3.36. The predicted molar refractivity (Wildman–Crippen MR) is 79.8 cm³/mol. The Hall–Kier alpha value is -1.81. The van der Waals surface area contributed by atoms with Crippen molar-refractivity contribution in [1.29, 1.82) is 0 Å². The summed E-state index contributed by atoms with van der Waals surface area (Å²) in [5.74, 6) is -0.0370. The number of aryl methyl sites for hydroxylation is 2. The lowest BCUT2D eigenvalue weighted by Gasteiger charge is -2.08. The largest absolute Gasteiger partial charge is 0.399 e. The van der Waals surface area contributed by atoms with Crippen LogP contribution in [0, 0.1) is 0 Å². The lowest BCUT2D eigenvalue weighted by molar-refractivity contribution is 0.103. The highest BCUT2D eigenvalue weighted by molar-refractivity contribution is 7.14. The Morgan fingerprint density at radius 2 is 2.05 bits per heavy atom. The zero-order chi connectivity index (χ0) is 13.2. The summed E-state index contributed by atoms with van der Waals surface area (Å²) in [6, 6.07) is 9.30. The smallest absolute Gasteiger partial charge is 0.265 e. The number of anilines is 2. The number of benzene rings is 1. The number of thiophene rings is 1. The highest BCUT2D eigenvalue weighted by atomic mass is 32.1. The van der Waals surface area contributed by atoms with Crippen molar-refractivity contribution < 1.29 is 4.79 Å². The molecule has 4 heteroatoms. The van der Waals surface area contributed by atoms with Gasteiger partial charge >= 0.3 is 0 Å². The first kappa shape index (κ1) is 12.2. The van der Waals surface area contributed by atoms with Crippen molar-refractivity contribution in [3.8, 4) is 0 Å². The summed E-state index contributed by atoms with van der Waals surface area (Å²) < 4.78 is 0. The first-order valence-electron chi connectivity index (χ1n) is 6.51. The molecule has 2 aromatic rings. The number of carbonyl (C=O) groups excluding carboxylic acids is 1. The van der Waals surface area contributed by atoms with Gasteiger partial charge in [0.2, 0.25) is 0 Å². The molecule has 0 aliphatic heterocycles. The van der Waals surface area contributed by atoms with Gasteiger partial charge < -0.3 is 11.1 Å². The van der Waals surface area contributed by atoms with Crippen LogP contribution in [0.5, 0.6) is 0 Å². The normalized spacial score (nSPS) is 13.9. The fourth-order valence-corrected chi connectivity index (χ4v) is 3.56. The summed E-state index contributed by atoms with van der Waals surface area (Å²) in [4.78, 5) is 14.4. The van der Waals surface area contributed by atoms with Gasteiger partial charge in [-0.25, -0.2) is 0 Å². The minimum Gasteiger partial charge on any atom is -0.399 e. The van der Waals surface area contributed by atoms with E-state index in [0.29, 0.717) is 5.69 Å². The van der Waals surface area contributed by atoms with Crippen molar-refractivity contribution >= 4 is 28.6 Å². The topological polar surface area (TPSA) is 55.1 Å². The molecule has 19 heavy (non-hydrogen) atoms. The van der Waals surface area contributed by atoms with Gasteiger partial charge in [0.1, 0.15) is 0 Å². The summed E-state index contributed by atoms with van der Waals surface area (Å²) in [6.45, 7) is 0. The van der Waals surface area contributed by atoms with E-state index in [4.69, 9.17) is 5.73 Å². The van der Waals surface area contributed by atoms with Crippen molar-refractivity contribution in [2.45, 2.75) is 25.7 Å². The Balaban J connectivity index is 1.78. The average molecular weight is 272 g/mol. The fourth-order valence-electron chi connectivity index (χ4n) is 2.41. The number of nitrogens with two attached hydrogens (primary N) is 1. The van der Waals surface area contributed by atoms with Gasteiger partial charge in [-0.3, -0.25) is 4.79 Å². The number of rotatable bonds is 2. The molecule has 1 aromatic carbocycles. The van der Waals surface area contributed by atoms with E-state index in [-0.39, 0.29) is 5.91 Å². The minimum absolute atomic E-state index is 0.0370. The van der Waals surface area contributed by atoms with Gasteiger partial charge in [0.05, 0.1) is 4.88 Å². The van der Waals surface area contributed by atoms with E-state index in [0.717, 1.165) is 23.4 Å². The van der Waals surface area contributed by atoms with E-state index in [1.54, 1.807) is 23.5 Å². The van der Waals surface area contributed by atoms with Gasteiger partial charge in [0.15, 0.2) is 0 Å². The Morgan fingerprint density at radius 1 is 1.21 bits per heavy atom.